The quantitative estimate of drug-likeness (QED) is 0.489. The fourth-order valence-electron chi connectivity index (χ4n) is 1.28. The van der Waals surface area contributed by atoms with Crippen LogP contribution in [0, 0.1) is 0 Å². The molecule has 2 aromatic rings. The number of anilines is 2. The lowest BCUT2D eigenvalue weighted by Crippen LogP contribution is -2.18. The van der Waals surface area contributed by atoms with E-state index in [0.29, 0.717) is 14.6 Å². The normalized spacial score (nSPS) is 9.95. The molecule has 21 heavy (non-hydrogen) atoms. The van der Waals surface area contributed by atoms with E-state index in [1.165, 1.54) is 30.2 Å². The topological polar surface area (TPSA) is 76.1 Å². The van der Waals surface area contributed by atoms with E-state index < -0.39 is 0 Å². The number of para-hydroxylation sites is 1. The molecular weight excluding hydrogens is 328 g/mol. The number of thioether (sulfide) groups is 1. The van der Waals surface area contributed by atoms with Crippen LogP contribution in [0.5, 0.6) is 0 Å². The Hall–Kier alpha value is -1.71. The fraction of sp³-hybridized carbons (Fsp3) is 0.167. The van der Waals surface area contributed by atoms with Crippen LogP contribution in [0.1, 0.15) is 0 Å². The average molecular weight is 340 g/mol. The Morgan fingerprint density at radius 3 is 2.81 bits per heavy atom. The molecule has 0 radical (unpaired) electrons. The second-order valence-electron chi connectivity index (χ2n) is 3.68. The summed E-state index contributed by atoms with van der Waals surface area (Å²) in [5.74, 6) is -0.0938. The molecule has 0 aliphatic heterocycles. The number of nitrogens with one attached hydrogen (secondary N) is 2. The fourth-order valence-corrected chi connectivity index (χ4v) is 3.15. The highest BCUT2D eigenvalue weighted by atomic mass is 32.2. The molecule has 0 aliphatic rings. The van der Waals surface area contributed by atoms with Gasteiger partial charge >= 0.3 is 5.97 Å². The third-order valence-corrected chi connectivity index (χ3v) is 4.35. The van der Waals surface area contributed by atoms with Crippen molar-refractivity contribution in [1.29, 1.82) is 0 Å². The smallest absolute Gasteiger partial charge is 0.316 e. The maximum Gasteiger partial charge on any atom is 0.316 e. The van der Waals surface area contributed by atoms with E-state index in [9.17, 15) is 4.79 Å². The molecule has 1 aromatic heterocycles. The Kier molecular flexibility index (Phi) is 5.90. The highest BCUT2D eigenvalue weighted by molar-refractivity contribution is 8.01. The lowest BCUT2D eigenvalue weighted by molar-refractivity contribution is -0.137. The van der Waals surface area contributed by atoms with Crippen LogP contribution in [0.2, 0.25) is 0 Å². The van der Waals surface area contributed by atoms with Crippen LogP contribution in [-0.2, 0) is 9.53 Å². The van der Waals surface area contributed by atoms with E-state index in [1.54, 1.807) is 0 Å². The number of ether oxygens (including phenoxy) is 1. The maximum absolute atomic E-state index is 11.0. The summed E-state index contributed by atoms with van der Waals surface area (Å²) in [6.07, 6.45) is 0. The summed E-state index contributed by atoms with van der Waals surface area (Å²) in [4.78, 5) is 11.0. The molecule has 110 valence electrons. The van der Waals surface area contributed by atoms with Crippen molar-refractivity contribution in [2.45, 2.75) is 4.34 Å². The van der Waals surface area contributed by atoms with Crippen molar-refractivity contribution >= 4 is 57.2 Å². The van der Waals surface area contributed by atoms with Gasteiger partial charge in [0.15, 0.2) is 9.45 Å². The highest BCUT2D eigenvalue weighted by Crippen LogP contribution is 2.25. The number of methoxy groups -OCH3 is 1. The van der Waals surface area contributed by atoms with Crippen molar-refractivity contribution in [3.63, 3.8) is 0 Å². The van der Waals surface area contributed by atoms with Gasteiger partial charge in [-0.3, -0.25) is 4.79 Å². The number of hydrogen-bond acceptors (Lipinski definition) is 7. The minimum absolute atomic E-state index is 0.206. The zero-order chi connectivity index (χ0) is 15.1. The molecule has 0 saturated carbocycles. The zero-order valence-electron chi connectivity index (χ0n) is 11.0. The number of thiocarbonyl (C=S) groups is 1. The van der Waals surface area contributed by atoms with Gasteiger partial charge in [0.05, 0.1) is 12.9 Å². The number of carbonyl (C=O) groups is 1. The van der Waals surface area contributed by atoms with Gasteiger partial charge < -0.3 is 15.4 Å². The first kappa shape index (κ1) is 15.7. The summed E-state index contributed by atoms with van der Waals surface area (Å²) < 4.78 is 5.23. The summed E-state index contributed by atoms with van der Waals surface area (Å²) in [6, 6.07) is 9.57. The van der Waals surface area contributed by atoms with E-state index in [2.05, 4.69) is 25.6 Å². The first-order chi connectivity index (χ1) is 10.2. The first-order valence-corrected chi connectivity index (χ1v) is 8.04. The van der Waals surface area contributed by atoms with Crippen LogP contribution in [0.3, 0.4) is 0 Å². The van der Waals surface area contributed by atoms with Crippen molar-refractivity contribution in [3.05, 3.63) is 30.3 Å². The van der Waals surface area contributed by atoms with E-state index in [0.717, 1.165) is 5.69 Å². The lowest BCUT2D eigenvalue weighted by Gasteiger charge is -2.07. The third kappa shape index (κ3) is 5.29. The Labute approximate surface area is 135 Å². The maximum atomic E-state index is 11.0. The van der Waals surface area contributed by atoms with Gasteiger partial charge in [-0.05, 0) is 24.4 Å². The van der Waals surface area contributed by atoms with Gasteiger partial charge in [-0.1, -0.05) is 41.3 Å². The Balaban J connectivity index is 1.84. The monoisotopic (exact) mass is 340 g/mol. The number of rotatable bonds is 5. The number of esters is 1. The van der Waals surface area contributed by atoms with E-state index in [4.69, 9.17) is 12.2 Å². The van der Waals surface area contributed by atoms with E-state index in [1.807, 2.05) is 30.3 Å². The molecule has 2 N–H and O–H groups in total. The second-order valence-corrected chi connectivity index (χ2v) is 6.29. The molecule has 0 aliphatic carbocycles. The van der Waals surface area contributed by atoms with Gasteiger partial charge in [0.1, 0.15) is 0 Å². The largest absolute Gasteiger partial charge is 0.468 e. The first-order valence-electron chi connectivity index (χ1n) is 5.83. The minimum atomic E-state index is -0.300. The van der Waals surface area contributed by atoms with Crippen molar-refractivity contribution in [2.75, 3.05) is 23.5 Å². The number of aromatic nitrogens is 2. The third-order valence-electron chi connectivity index (χ3n) is 2.20. The molecule has 0 spiro atoms. The number of carbonyl (C=O) groups excluding carboxylic acids is 1. The van der Waals surface area contributed by atoms with Crippen molar-refractivity contribution in [2.24, 2.45) is 0 Å². The molecule has 0 bridgehead atoms. The van der Waals surface area contributed by atoms with E-state index >= 15 is 0 Å². The number of benzene rings is 1. The number of nitrogens with zero attached hydrogens (tertiary/aromatic N) is 2. The summed E-state index contributed by atoms with van der Waals surface area (Å²) in [6.45, 7) is 0. The molecule has 0 unspecified atom stereocenters. The summed E-state index contributed by atoms with van der Waals surface area (Å²) in [5, 5.41) is 14.9. The minimum Gasteiger partial charge on any atom is -0.468 e. The lowest BCUT2D eigenvalue weighted by atomic mass is 10.3. The Bertz CT molecular complexity index is 618. The molecule has 0 fully saturated rings. The van der Waals surface area contributed by atoms with Gasteiger partial charge in [-0.25, -0.2) is 0 Å². The molecular formula is C12H12N4O2S3. The predicted molar refractivity (Wildman–Crippen MR) is 88.9 cm³/mol. The van der Waals surface area contributed by atoms with Crippen molar-refractivity contribution < 1.29 is 9.53 Å². The summed E-state index contributed by atoms with van der Waals surface area (Å²) >= 11 is 7.78. The molecule has 9 heteroatoms. The SMILES string of the molecule is COC(=O)CSc1nnc(NC(=S)Nc2ccccc2)s1. The van der Waals surface area contributed by atoms with Gasteiger partial charge in [-0.2, -0.15) is 0 Å². The zero-order valence-corrected chi connectivity index (χ0v) is 13.5. The summed E-state index contributed by atoms with van der Waals surface area (Å²) in [5.41, 5.74) is 0.889. The molecule has 6 nitrogen and oxygen atoms in total. The molecule has 1 heterocycles. The van der Waals surface area contributed by atoms with Crippen LogP contribution < -0.4 is 10.6 Å². The van der Waals surface area contributed by atoms with Crippen molar-refractivity contribution in [3.8, 4) is 0 Å². The highest BCUT2D eigenvalue weighted by Gasteiger charge is 2.09. The van der Waals surface area contributed by atoms with Crippen LogP contribution in [0.4, 0.5) is 10.8 Å². The Morgan fingerprint density at radius 2 is 2.10 bits per heavy atom. The van der Waals surface area contributed by atoms with Crippen LogP contribution in [0.15, 0.2) is 34.7 Å². The predicted octanol–water partition coefficient (Wildman–Crippen LogP) is 2.61. The van der Waals surface area contributed by atoms with Crippen LogP contribution in [0.25, 0.3) is 0 Å². The van der Waals surface area contributed by atoms with Gasteiger partial charge in [0.25, 0.3) is 0 Å². The summed E-state index contributed by atoms with van der Waals surface area (Å²) in [7, 11) is 1.35. The van der Waals surface area contributed by atoms with E-state index in [-0.39, 0.29) is 11.7 Å². The van der Waals surface area contributed by atoms with Gasteiger partial charge in [0, 0.05) is 5.69 Å². The van der Waals surface area contributed by atoms with Gasteiger partial charge in [-0.15, -0.1) is 10.2 Å². The second kappa shape index (κ2) is 7.91. The Morgan fingerprint density at radius 1 is 1.33 bits per heavy atom. The van der Waals surface area contributed by atoms with Gasteiger partial charge in [0.2, 0.25) is 5.13 Å². The number of hydrogen-bond donors (Lipinski definition) is 2. The molecule has 0 amide bonds. The molecule has 1 aromatic carbocycles. The standard InChI is InChI=1S/C12H12N4O2S3/c1-18-9(17)7-20-12-16-15-11(21-12)14-10(19)13-8-5-3-2-4-6-8/h2-6H,7H2,1H3,(H2,13,14,15,19). The van der Waals surface area contributed by atoms with Crippen molar-refractivity contribution in [1.82, 2.24) is 10.2 Å². The molecule has 2 rings (SSSR count). The molecule has 0 saturated heterocycles. The average Bonchev–Trinajstić information content (AvgIpc) is 2.93. The van der Waals surface area contributed by atoms with Crippen LogP contribution in [-0.4, -0.2) is 34.1 Å². The molecule has 0 atom stereocenters. The van der Waals surface area contributed by atoms with Crippen LogP contribution >= 0.6 is 35.3 Å².